The predicted molar refractivity (Wildman–Crippen MR) is 173 cm³/mol. The van der Waals surface area contributed by atoms with Crippen LogP contribution in [0.3, 0.4) is 0 Å². The van der Waals surface area contributed by atoms with E-state index in [1.807, 2.05) is 86.7 Å². The number of carbonyl (C=O) groups excluding carboxylic acids is 1. The van der Waals surface area contributed by atoms with E-state index in [4.69, 9.17) is 14.2 Å². The Bertz CT molecular complexity index is 1370. The molecule has 42 heavy (non-hydrogen) atoms. The molecule has 1 atom stereocenters. The van der Waals surface area contributed by atoms with Gasteiger partial charge in [0.2, 0.25) is 0 Å². The van der Waals surface area contributed by atoms with Crippen LogP contribution in [-0.4, -0.2) is 18.9 Å². The Balaban J connectivity index is 1.45. The van der Waals surface area contributed by atoms with Gasteiger partial charge in [-0.1, -0.05) is 111 Å². The molecule has 0 spiro atoms. The highest BCUT2D eigenvalue weighted by molar-refractivity contribution is 5.84. The van der Waals surface area contributed by atoms with Crippen molar-refractivity contribution in [1.82, 2.24) is 0 Å². The van der Waals surface area contributed by atoms with Crippen LogP contribution in [0.4, 0.5) is 0 Å². The molecule has 1 saturated carbocycles. The molecular weight excluding hydrogens is 520 g/mol. The molecule has 0 heterocycles. The zero-order valence-corrected chi connectivity index (χ0v) is 25.0. The fourth-order valence-corrected chi connectivity index (χ4v) is 4.99. The third-order valence-corrected chi connectivity index (χ3v) is 7.37. The van der Waals surface area contributed by atoms with Crippen LogP contribution in [0.15, 0.2) is 109 Å². The molecule has 4 rings (SSSR count). The van der Waals surface area contributed by atoms with Gasteiger partial charge in [0.05, 0.1) is 0 Å². The molecule has 1 aliphatic rings. The van der Waals surface area contributed by atoms with Crippen molar-refractivity contribution in [2.24, 2.45) is 5.41 Å². The molecular formula is C38H42O4. The maximum Gasteiger partial charge on any atom is 0.335 e. The molecule has 0 N–H and O–H groups in total. The Kier molecular flexibility index (Phi) is 11.5. The second-order valence-corrected chi connectivity index (χ2v) is 11.0. The summed E-state index contributed by atoms with van der Waals surface area (Å²) in [4.78, 5) is 12.4. The van der Waals surface area contributed by atoms with Gasteiger partial charge < -0.3 is 14.2 Å². The topological polar surface area (TPSA) is 44.8 Å². The molecule has 0 aromatic heterocycles. The van der Waals surface area contributed by atoms with Crippen LogP contribution in [0.25, 0.3) is 18.2 Å². The molecule has 0 bridgehead atoms. The monoisotopic (exact) mass is 562 g/mol. The Morgan fingerprint density at radius 1 is 0.786 bits per heavy atom. The number of allylic oxidation sites excluding steroid dienone is 4. The van der Waals surface area contributed by atoms with Crippen molar-refractivity contribution in [2.45, 2.75) is 59.2 Å². The van der Waals surface area contributed by atoms with E-state index in [0.29, 0.717) is 12.4 Å². The second-order valence-electron chi connectivity index (χ2n) is 11.0. The molecule has 1 aliphatic carbocycles. The van der Waals surface area contributed by atoms with E-state index in [2.05, 4.69) is 49.4 Å². The van der Waals surface area contributed by atoms with Gasteiger partial charge in [-0.15, -0.1) is 0 Å². The first-order chi connectivity index (χ1) is 20.4. The lowest BCUT2D eigenvalue weighted by atomic mass is 9.75. The summed E-state index contributed by atoms with van der Waals surface area (Å²) in [5, 5.41) is 0. The van der Waals surface area contributed by atoms with Gasteiger partial charge in [0.15, 0.2) is 6.29 Å². The molecule has 4 nitrogen and oxygen atoms in total. The Morgan fingerprint density at radius 2 is 1.38 bits per heavy atom. The van der Waals surface area contributed by atoms with Crippen LogP contribution in [0.5, 0.6) is 11.5 Å². The SMILES string of the molecule is CCOC(C)Oc1ccc(C=CC(C=Cc2ccccc2)=Cc2ccc(OC(=O)C=CC3(C)CCCCC3)cc2)cc1. The van der Waals surface area contributed by atoms with Crippen molar-refractivity contribution >= 4 is 24.2 Å². The molecule has 3 aromatic rings. The zero-order chi connectivity index (χ0) is 29.6. The highest BCUT2D eigenvalue weighted by Crippen LogP contribution is 2.36. The van der Waals surface area contributed by atoms with Gasteiger partial charge in [0.25, 0.3) is 0 Å². The van der Waals surface area contributed by atoms with Crippen LogP contribution in [0.1, 0.15) is 69.6 Å². The molecule has 0 amide bonds. The normalized spacial score (nSPS) is 16.2. The van der Waals surface area contributed by atoms with Crippen molar-refractivity contribution in [3.05, 3.63) is 125 Å². The highest BCUT2D eigenvalue weighted by atomic mass is 16.7. The number of carbonyl (C=O) groups is 1. The van der Waals surface area contributed by atoms with Crippen molar-refractivity contribution in [1.29, 1.82) is 0 Å². The quantitative estimate of drug-likeness (QED) is 0.0725. The summed E-state index contributed by atoms with van der Waals surface area (Å²) in [6.45, 7) is 6.67. The number of rotatable bonds is 12. The third-order valence-electron chi connectivity index (χ3n) is 7.37. The Labute approximate surface area is 251 Å². The fourth-order valence-electron chi connectivity index (χ4n) is 4.99. The molecule has 0 saturated heterocycles. The standard InChI is InChI=1S/C38H42O4/c1-4-40-30(2)41-35-21-17-32(18-22-35)14-16-33(15-13-31-11-7-5-8-12-31)29-34-19-23-36(24-20-34)42-37(39)25-28-38(3)26-9-6-10-27-38/h5,7-8,11-25,28-30H,4,6,9-10,26-27H2,1-3H3. The van der Waals surface area contributed by atoms with E-state index in [1.54, 1.807) is 6.08 Å². The molecule has 218 valence electrons. The Hall–Kier alpha value is -4.15. The number of hydrogen-bond acceptors (Lipinski definition) is 4. The lowest BCUT2D eigenvalue weighted by molar-refractivity contribution is -0.129. The van der Waals surface area contributed by atoms with Gasteiger partial charge in [-0.25, -0.2) is 4.79 Å². The van der Waals surface area contributed by atoms with Crippen molar-refractivity contribution in [3.8, 4) is 11.5 Å². The van der Waals surface area contributed by atoms with Crippen LogP contribution in [-0.2, 0) is 9.53 Å². The second kappa shape index (κ2) is 15.7. The fraction of sp³-hybridized carbons (Fsp3) is 0.289. The highest BCUT2D eigenvalue weighted by Gasteiger charge is 2.23. The summed E-state index contributed by atoms with van der Waals surface area (Å²) < 4.78 is 16.8. The first-order valence-electron chi connectivity index (χ1n) is 14.9. The minimum atomic E-state index is -0.330. The average molecular weight is 563 g/mol. The van der Waals surface area contributed by atoms with Gasteiger partial charge in [0, 0.05) is 12.7 Å². The van der Waals surface area contributed by atoms with Crippen LogP contribution >= 0.6 is 0 Å². The van der Waals surface area contributed by atoms with Crippen molar-refractivity contribution in [2.75, 3.05) is 6.61 Å². The van der Waals surface area contributed by atoms with Gasteiger partial charge >= 0.3 is 5.97 Å². The molecule has 4 heteroatoms. The number of esters is 1. The summed E-state index contributed by atoms with van der Waals surface area (Å²) in [5.74, 6) is 0.976. The van der Waals surface area contributed by atoms with E-state index in [-0.39, 0.29) is 17.7 Å². The van der Waals surface area contributed by atoms with E-state index in [9.17, 15) is 4.79 Å². The molecule has 3 aromatic carbocycles. The number of hydrogen-bond donors (Lipinski definition) is 0. The van der Waals surface area contributed by atoms with Crippen LogP contribution < -0.4 is 9.47 Å². The lowest BCUT2D eigenvalue weighted by Crippen LogP contribution is -2.18. The number of benzene rings is 3. The summed E-state index contributed by atoms with van der Waals surface area (Å²) in [6.07, 6.45) is 19.8. The molecule has 1 fully saturated rings. The van der Waals surface area contributed by atoms with Gasteiger partial charge in [-0.3, -0.25) is 0 Å². The van der Waals surface area contributed by atoms with Crippen LogP contribution in [0.2, 0.25) is 0 Å². The van der Waals surface area contributed by atoms with Gasteiger partial charge in [0.1, 0.15) is 11.5 Å². The third kappa shape index (κ3) is 10.4. The van der Waals surface area contributed by atoms with Crippen LogP contribution in [0, 0.1) is 5.41 Å². The summed E-state index contributed by atoms with van der Waals surface area (Å²) in [5.41, 5.74) is 4.31. The number of ether oxygens (including phenoxy) is 3. The molecule has 1 unspecified atom stereocenters. The predicted octanol–water partition coefficient (Wildman–Crippen LogP) is 9.69. The Morgan fingerprint density at radius 3 is 2.02 bits per heavy atom. The van der Waals surface area contributed by atoms with Crippen molar-refractivity contribution < 1.29 is 19.0 Å². The largest absolute Gasteiger partial charge is 0.465 e. The summed E-state index contributed by atoms with van der Waals surface area (Å²) >= 11 is 0. The maximum atomic E-state index is 12.4. The average Bonchev–Trinajstić information content (AvgIpc) is 3.00. The molecule has 0 radical (unpaired) electrons. The smallest absolute Gasteiger partial charge is 0.335 e. The molecule has 0 aliphatic heterocycles. The van der Waals surface area contributed by atoms with E-state index >= 15 is 0 Å². The summed E-state index contributed by atoms with van der Waals surface area (Å²) in [6, 6.07) is 25.8. The minimum Gasteiger partial charge on any atom is -0.465 e. The van der Waals surface area contributed by atoms with E-state index < -0.39 is 0 Å². The zero-order valence-electron chi connectivity index (χ0n) is 25.0. The minimum absolute atomic E-state index is 0.0983. The van der Waals surface area contributed by atoms with E-state index in [0.717, 1.165) is 40.9 Å². The van der Waals surface area contributed by atoms with E-state index in [1.165, 1.54) is 19.3 Å². The lowest BCUT2D eigenvalue weighted by Gasteiger charge is -2.30. The first kappa shape index (κ1) is 30.8. The van der Waals surface area contributed by atoms with Crippen molar-refractivity contribution in [3.63, 3.8) is 0 Å². The van der Waals surface area contributed by atoms with Gasteiger partial charge in [-0.2, -0.15) is 0 Å². The summed E-state index contributed by atoms with van der Waals surface area (Å²) in [7, 11) is 0. The maximum absolute atomic E-state index is 12.4. The first-order valence-corrected chi connectivity index (χ1v) is 14.9. The van der Waals surface area contributed by atoms with Gasteiger partial charge in [-0.05, 0) is 84.7 Å².